The smallest absolute Gasteiger partial charge is 0.234 e. The first-order valence-corrected chi connectivity index (χ1v) is 10.8. The fraction of sp³-hybridized carbons (Fsp3) is 0.524. The van der Waals surface area contributed by atoms with Gasteiger partial charge >= 0.3 is 0 Å². The SMILES string of the molecule is CCn1c(-c2cnc(C)nc2)nc2c(N(C3CC3)C3C[C@H](C(N)=O)N(C)C3)ncnc21. The van der Waals surface area contributed by atoms with E-state index in [9.17, 15) is 4.79 Å². The van der Waals surface area contributed by atoms with E-state index < -0.39 is 0 Å². The summed E-state index contributed by atoms with van der Waals surface area (Å²) in [6, 6.07) is 0.309. The first kappa shape index (κ1) is 19.8. The quantitative estimate of drug-likeness (QED) is 0.629. The molecule has 2 aliphatic rings. The van der Waals surface area contributed by atoms with Crippen LogP contribution in [0, 0.1) is 6.92 Å². The highest BCUT2D eigenvalue weighted by atomic mass is 16.1. The third kappa shape index (κ3) is 3.40. The minimum atomic E-state index is -0.273. The fourth-order valence-corrected chi connectivity index (χ4v) is 4.65. The molecule has 3 aromatic rings. The summed E-state index contributed by atoms with van der Waals surface area (Å²) in [7, 11) is 1.96. The molecule has 1 amide bonds. The highest BCUT2D eigenvalue weighted by Gasteiger charge is 2.43. The zero-order valence-corrected chi connectivity index (χ0v) is 18.1. The normalized spacial score (nSPS) is 21.6. The summed E-state index contributed by atoms with van der Waals surface area (Å²) in [5, 5.41) is 0. The van der Waals surface area contributed by atoms with Crippen LogP contribution in [-0.2, 0) is 11.3 Å². The number of carbonyl (C=O) groups excluding carboxylic acids is 1. The van der Waals surface area contributed by atoms with Crippen molar-refractivity contribution in [2.24, 2.45) is 5.73 Å². The Morgan fingerprint density at radius 1 is 1.19 bits per heavy atom. The van der Waals surface area contributed by atoms with Gasteiger partial charge in [0.1, 0.15) is 18.0 Å². The second-order valence-electron chi connectivity index (χ2n) is 8.45. The zero-order chi connectivity index (χ0) is 21.7. The number of imidazole rings is 1. The largest absolute Gasteiger partial charge is 0.368 e. The number of fused-ring (bicyclic) bond motifs is 1. The number of carbonyl (C=O) groups is 1. The molecule has 2 N–H and O–H groups in total. The number of hydrogen-bond acceptors (Lipinski definition) is 8. The number of nitrogens with zero attached hydrogens (tertiary/aromatic N) is 8. The third-order valence-electron chi connectivity index (χ3n) is 6.30. The molecule has 1 aliphatic carbocycles. The van der Waals surface area contributed by atoms with Gasteiger partial charge in [0, 0.05) is 37.6 Å². The highest BCUT2D eigenvalue weighted by molar-refractivity contribution is 5.87. The molecule has 162 valence electrons. The van der Waals surface area contributed by atoms with Crippen molar-refractivity contribution >= 4 is 22.9 Å². The monoisotopic (exact) mass is 421 g/mol. The van der Waals surface area contributed by atoms with E-state index in [4.69, 9.17) is 10.7 Å². The van der Waals surface area contributed by atoms with Gasteiger partial charge in [-0.3, -0.25) is 9.69 Å². The number of aryl methyl sites for hydroxylation is 2. The van der Waals surface area contributed by atoms with E-state index in [2.05, 4.69) is 36.3 Å². The summed E-state index contributed by atoms with van der Waals surface area (Å²) in [6.45, 7) is 5.42. The van der Waals surface area contributed by atoms with Gasteiger partial charge in [0.25, 0.3) is 0 Å². The van der Waals surface area contributed by atoms with Crippen molar-refractivity contribution in [2.45, 2.75) is 57.8 Å². The fourth-order valence-electron chi connectivity index (χ4n) is 4.65. The topological polar surface area (TPSA) is 119 Å². The average Bonchev–Trinajstić information content (AvgIpc) is 3.39. The van der Waals surface area contributed by atoms with Gasteiger partial charge in [-0.2, -0.15) is 0 Å². The van der Waals surface area contributed by atoms with Crippen LogP contribution in [0.25, 0.3) is 22.6 Å². The Hall–Kier alpha value is -3.14. The van der Waals surface area contributed by atoms with Crippen molar-refractivity contribution < 1.29 is 4.79 Å². The van der Waals surface area contributed by atoms with Crippen LogP contribution in [0.3, 0.4) is 0 Å². The Morgan fingerprint density at radius 3 is 2.55 bits per heavy atom. The predicted octanol–water partition coefficient (Wildman–Crippen LogP) is 1.14. The van der Waals surface area contributed by atoms with Crippen LogP contribution in [0.1, 0.15) is 32.0 Å². The number of amides is 1. The standard InChI is InChI=1S/C21H27N9O/c1-4-29-19(13-8-23-12(2)24-9-13)27-17-20(29)25-11-26-21(17)30(14-5-6-14)15-7-16(18(22)31)28(3)10-15/h8-9,11,14-16H,4-7,10H2,1-3H3,(H2,22,31)/t15?,16-/m1/s1. The van der Waals surface area contributed by atoms with E-state index in [1.807, 2.05) is 18.9 Å². The van der Waals surface area contributed by atoms with Gasteiger partial charge < -0.3 is 15.2 Å². The maximum Gasteiger partial charge on any atom is 0.234 e. The van der Waals surface area contributed by atoms with Gasteiger partial charge in [-0.15, -0.1) is 0 Å². The number of aromatic nitrogens is 6. The lowest BCUT2D eigenvalue weighted by atomic mass is 10.1. The van der Waals surface area contributed by atoms with Crippen LogP contribution in [0.15, 0.2) is 18.7 Å². The van der Waals surface area contributed by atoms with E-state index in [0.29, 0.717) is 12.5 Å². The summed E-state index contributed by atoms with van der Waals surface area (Å²) in [6.07, 6.45) is 8.12. The molecule has 0 aromatic carbocycles. The number of likely N-dealkylation sites (N-methyl/N-ethyl adjacent to an activating group) is 1. The molecule has 1 aliphatic heterocycles. The second kappa shape index (κ2) is 7.52. The molecule has 0 spiro atoms. The van der Waals surface area contributed by atoms with Crippen molar-refractivity contribution in [1.82, 2.24) is 34.4 Å². The minimum Gasteiger partial charge on any atom is -0.368 e. The molecule has 5 rings (SSSR count). The Bertz CT molecular complexity index is 1120. The summed E-state index contributed by atoms with van der Waals surface area (Å²) in [5.74, 6) is 2.06. The highest BCUT2D eigenvalue weighted by Crippen LogP contribution is 2.39. The van der Waals surface area contributed by atoms with E-state index in [1.165, 1.54) is 0 Å². The maximum atomic E-state index is 11.9. The molecule has 4 heterocycles. The number of likely N-dealkylation sites (tertiary alicyclic amines) is 1. The molecular formula is C21H27N9O. The van der Waals surface area contributed by atoms with Crippen molar-refractivity contribution in [3.05, 3.63) is 24.5 Å². The Morgan fingerprint density at radius 2 is 1.94 bits per heavy atom. The Labute approximate surface area is 180 Å². The lowest BCUT2D eigenvalue weighted by molar-refractivity contribution is -0.121. The van der Waals surface area contributed by atoms with E-state index >= 15 is 0 Å². The third-order valence-corrected chi connectivity index (χ3v) is 6.30. The van der Waals surface area contributed by atoms with Gasteiger partial charge in [-0.05, 0) is 40.2 Å². The van der Waals surface area contributed by atoms with E-state index in [0.717, 1.165) is 60.1 Å². The van der Waals surface area contributed by atoms with Crippen LogP contribution in [-0.4, -0.2) is 72.0 Å². The molecule has 1 unspecified atom stereocenters. The van der Waals surface area contributed by atoms with Crippen molar-refractivity contribution in [2.75, 3.05) is 18.5 Å². The first-order chi connectivity index (χ1) is 15.0. The molecule has 0 radical (unpaired) electrons. The van der Waals surface area contributed by atoms with Crippen molar-refractivity contribution in [1.29, 1.82) is 0 Å². The average molecular weight is 422 g/mol. The minimum absolute atomic E-state index is 0.158. The Balaban J connectivity index is 1.61. The van der Waals surface area contributed by atoms with Gasteiger partial charge in [0.05, 0.1) is 11.6 Å². The molecule has 1 saturated heterocycles. The molecule has 10 heteroatoms. The Kier molecular flexibility index (Phi) is 4.81. The molecule has 1 saturated carbocycles. The molecule has 2 atom stereocenters. The molecule has 10 nitrogen and oxygen atoms in total. The molecule has 31 heavy (non-hydrogen) atoms. The zero-order valence-electron chi connectivity index (χ0n) is 18.1. The van der Waals surface area contributed by atoms with Gasteiger partial charge in [0.2, 0.25) is 5.91 Å². The summed E-state index contributed by atoms with van der Waals surface area (Å²) in [5.41, 5.74) is 8.06. The first-order valence-electron chi connectivity index (χ1n) is 10.8. The van der Waals surface area contributed by atoms with Crippen molar-refractivity contribution in [3.63, 3.8) is 0 Å². The van der Waals surface area contributed by atoms with Crippen LogP contribution in [0.2, 0.25) is 0 Å². The summed E-state index contributed by atoms with van der Waals surface area (Å²) in [4.78, 5) is 39.2. The second-order valence-corrected chi connectivity index (χ2v) is 8.45. The molecule has 2 fully saturated rings. The van der Waals surface area contributed by atoms with Gasteiger partial charge in [-0.25, -0.2) is 24.9 Å². The number of primary amides is 1. The molecule has 3 aromatic heterocycles. The molecular weight excluding hydrogens is 394 g/mol. The van der Waals surface area contributed by atoms with Gasteiger partial charge in [0.15, 0.2) is 17.0 Å². The molecule has 0 bridgehead atoms. The number of rotatable bonds is 6. The van der Waals surface area contributed by atoms with Crippen LogP contribution < -0.4 is 10.6 Å². The lowest BCUT2D eigenvalue weighted by Gasteiger charge is -2.30. The van der Waals surface area contributed by atoms with Crippen LogP contribution in [0.5, 0.6) is 0 Å². The van der Waals surface area contributed by atoms with Crippen LogP contribution >= 0.6 is 0 Å². The number of nitrogens with two attached hydrogens (primary N) is 1. The summed E-state index contributed by atoms with van der Waals surface area (Å²) >= 11 is 0. The van der Waals surface area contributed by atoms with E-state index in [1.54, 1.807) is 18.7 Å². The maximum absolute atomic E-state index is 11.9. The predicted molar refractivity (Wildman–Crippen MR) is 116 cm³/mol. The lowest BCUT2D eigenvalue weighted by Crippen LogP contribution is -2.39. The number of hydrogen-bond donors (Lipinski definition) is 1. The van der Waals surface area contributed by atoms with Crippen molar-refractivity contribution in [3.8, 4) is 11.4 Å². The summed E-state index contributed by atoms with van der Waals surface area (Å²) < 4.78 is 2.08. The van der Waals surface area contributed by atoms with Gasteiger partial charge in [-0.1, -0.05) is 0 Å². The van der Waals surface area contributed by atoms with Crippen LogP contribution in [0.4, 0.5) is 5.82 Å². The number of anilines is 1. The van der Waals surface area contributed by atoms with E-state index in [-0.39, 0.29) is 18.0 Å².